The fourth-order valence-electron chi connectivity index (χ4n) is 4.28. The molecule has 0 aliphatic carbocycles. The molecule has 2 aromatic heterocycles. The lowest BCUT2D eigenvalue weighted by Gasteiger charge is -2.14. The largest absolute Gasteiger partial charge is 0.342 e. The number of hydrogen-bond donors (Lipinski definition) is 0. The predicted octanol–water partition coefficient (Wildman–Crippen LogP) is 4.93. The van der Waals surface area contributed by atoms with E-state index < -0.39 is 10.5 Å². The first-order chi connectivity index (χ1) is 15.5. The van der Waals surface area contributed by atoms with E-state index in [0.29, 0.717) is 16.8 Å². The first kappa shape index (κ1) is 19.3. The highest BCUT2D eigenvalue weighted by Gasteiger charge is 2.24. The van der Waals surface area contributed by atoms with Gasteiger partial charge in [-0.15, -0.1) is 0 Å². The monoisotopic (exact) mass is 420 g/mol. The van der Waals surface area contributed by atoms with Gasteiger partial charge in [-0.05, 0) is 23.8 Å². The van der Waals surface area contributed by atoms with Crippen molar-refractivity contribution in [1.82, 2.24) is 9.13 Å². The Balaban J connectivity index is 2.02. The second-order valence-electron chi connectivity index (χ2n) is 7.42. The van der Waals surface area contributed by atoms with Gasteiger partial charge in [-0.3, -0.25) is 19.5 Å². The number of nitriles is 1. The summed E-state index contributed by atoms with van der Waals surface area (Å²) in [5, 5.41) is 22.0. The van der Waals surface area contributed by atoms with Crippen LogP contribution in [-0.4, -0.2) is 14.1 Å². The number of para-hydroxylation sites is 1. The van der Waals surface area contributed by atoms with Crippen LogP contribution in [0.25, 0.3) is 38.8 Å². The van der Waals surface area contributed by atoms with Crippen LogP contribution in [-0.2, 0) is 7.05 Å². The topological polar surface area (TPSA) is 93.9 Å². The lowest BCUT2D eigenvalue weighted by molar-refractivity contribution is -0.384. The first-order valence-corrected chi connectivity index (χ1v) is 9.89. The maximum atomic E-state index is 13.7. The summed E-state index contributed by atoms with van der Waals surface area (Å²) >= 11 is 0. The van der Waals surface area contributed by atoms with Gasteiger partial charge >= 0.3 is 0 Å². The molecule has 2 heterocycles. The van der Waals surface area contributed by atoms with Gasteiger partial charge in [0.05, 0.1) is 21.5 Å². The molecular weight excluding hydrogens is 404 g/mol. The highest BCUT2D eigenvalue weighted by atomic mass is 16.6. The van der Waals surface area contributed by atoms with Gasteiger partial charge in [0.2, 0.25) is 0 Å². The number of aryl methyl sites for hydroxylation is 1. The number of nitrogens with zero attached hydrogens (tertiary/aromatic N) is 4. The van der Waals surface area contributed by atoms with Crippen LogP contribution in [0.3, 0.4) is 0 Å². The molecule has 0 fully saturated rings. The van der Waals surface area contributed by atoms with E-state index in [2.05, 4.69) is 6.07 Å². The van der Waals surface area contributed by atoms with Gasteiger partial charge < -0.3 is 4.57 Å². The van der Waals surface area contributed by atoms with E-state index in [9.17, 15) is 20.2 Å². The van der Waals surface area contributed by atoms with Crippen molar-refractivity contribution in [3.05, 3.63) is 105 Å². The van der Waals surface area contributed by atoms with Crippen molar-refractivity contribution in [3.8, 4) is 22.9 Å². The van der Waals surface area contributed by atoms with Crippen LogP contribution in [0.5, 0.6) is 0 Å². The third-order valence-corrected chi connectivity index (χ3v) is 5.70. The third kappa shape index (κ3) is 2.71. The molecule has 0 amide bonds. The fraction of sp³-hybridized carbons (Fsp3) is 0.0400. The second kappa shape index (κ2) is 7.22. The number of rotatable bonds is 3. The molecule has 32 heavy (non-hydrogen) atoms. The number of nitro benzene ring substituents is 1. The molecule has 5 rings (SSSR count). The lowest BCUT2D eigenvalue weighted by atomic mass is 9.99. The summed E-state index contributed by atoms with van der Waals surface area (Å²) in [6.45, 7) is 0. The normalized spacial score (nSPS) is 11.0. The number of nitro groups is 1. The Morgan fingerprint density at radius 2 is 1.56 bits per heavy atom. The number of non-ortho nitro benzene ring substituents is 1. The summed E-state index contributed by atoms with van der Waals surface area (Å²) in [7, 11) is 1.91. The predicted molar refractivity (Wildman–Crippen MR) is 123 cm³/mol. The quantitative estimate of drug-likeness (QED) is 0.305. The molecule has 0 N–H and O–H groups in total. The van der Waals surface area contributed by atoms with Gasteiger partial charge in [-0.25, -0.2) is 0 Å². The molecule has 0 radical (unpaired) electrons. The Labute approximate surface area is 182 Å². The molecule has 154 valence electrons. The van der Waals surface area contributed by atoms with Gasteiger partial charge in [0.25, 0.3) is 11.2 Å². The number of benzene rings is 3. The maximum Gasteiger partial charge on any atom is 0.274 e. The van der Waals surface area contributed by atoms with Gasteiger partial charge in [0, 0.05) is 35.8 Å². The number of hydrogen-bond acceptors (Lipinski definition) is 4. The SMILES string of the molecule is Cn1c2ccccc2c2c1c(-c1ccccc1)c(C#N)c(=O)n2-c1ccc([N+](=O)[O-])cc1. The summed E-state index contributed by atoms with van der Waals surface area (Å²) < 4.78 is 3.46. The van der Waals surface area contributed by atoms with Crippen LogP contribution in [0.1, 0.15) is 5.56 Å². The average molecular weight is 420 g/mol. The molecule has 0 spiro atoms. The first-order valence-electron chi connectivity index (χ1n) is 9.89. The van der Waals surface area contributed by atoms with Crippen LogP contribution in [0.2, 0.25) is 0 Å². The zero-order valence-corrected chi connectivity index (χ0v) is 17.0. The van der Waals surface area contributed by atoms with E-state index in [0.717, 1.165) is 22.0 Å². The van der Waals surface area contributed by atoms with Gasteiger partial charge in [-0.1, -0.05) is 48.5 Å². The average Bonchev–Trinajstić information content (AvgIpc) is 3.11. The molecule has 0 atom stereocenters. The molecule has 0 saturated heterocycles. The van der Waals surface area contributed by atoms with Gasteiger partial charge in [0.15, 0.2) is 0 Å². The molecule has 7 heteroatoms. The lowest BCUT2D eigenvalue weighted by Crippen LogP contribution is -2.23. The van der Waals surface area contributed by atoms with Gasteiger partial charge in [0.1, 0.15) is 11.6 Å². The number of pyridine rings is 1. The Bertz CT molecular complexity index is 1620. The van der Waals surface area contributed by atoms with Crippen LogP contribution in [0, 0.1) is 21.4 Å². The van der Waals surface area contributed by atoms with Crippen LogP contribution in [0.15, 0.2) is 83.7 Å². The van der Waals surface area contributed by atoms with E-state index in [1.54, 1.807) is 0 Å². The molecule has 3 aromatic carbocycles. The van der Waals surface area contributed by atoms with E-state index in [-0.39, 0.29) is 11.3 Å². The summed E-state index contributed by atoms with van der Waals surface area (Å²) in [5.74, 6) is 0. The standard InChI is InChI=1S/C25H16N4O3/c1-27-21-10-6-5-9-19(21)23-24(27)22(16-7-3-2-4-8-16)20(15-26)25(30)28(23)17-11-13-18(14-12-17)29(31)32/h2-14H,1H3. The van der Waals surface area contributed by atoms with E-state index in [1.807, 2.05) is 66.2 Å². The molecule has 0 saturated carbocycles. The number of fused-ring (bicyclic) bond motifs is 3. The van der Waals surface area contributed by atoms with Crippen molar-refractivity contribution >= 4 is 27.6 Å². The Hall–Kier alpha value is -4.70. The number of aromatic nitrogens is 2. The van der Waals surface area contributed by atoms with Crippen molar-refractivity contribution in [3.63, 3.8) is 0 Å². The minimum Gasteiger partial charge on any atom is -0.342 e. The highest BCUT2D eigenvalue weighted by Crippen LogP contribution is 2.37. The Morgan fingerprint density at radius 1 is 0.906 bits per heavy atom. The summed E-state index contributed by atoms with van der Waals surface area (Å²) in [6, 6.07) is 25.0. The molecule has 0 aliphatic heterocycles. The molecule has 0 unspecified atom stereocenters. The second-order valence-corrected chi connectivity index (χ2v) is 7.42. The highest BCUT2D eigenvalue weighted by molar-refractivity contribution is 6.12. The van der Waals surface area contributed by atoms with Crippen LogP contribution in [0.4, 0.5) is 5.69 Å². The van der Waals surface area contributed by atoms with Crippen molar-refractivity contribution in [2.24, 2.45) is 7.05 Å². The van der Waals surface area contributed by atoms with Crippen LogP contribution < -0.4 is 5.56 Å². The van der Waals surface area contributed by atoms with Crippen molar-refractivity contribution in [1.29, 1.82) is 5.26 Å². The Kier molecular flexibility index (Phi) is 4.35. The van der Waals surface area contributed by atoms with Crippen LogP contribution >= 0.6 is 0 Å². The molecule has 5 aromatic rings. The van der Waals surface area contributed by atoms with E-state index >= 15 is 0 Å². The zero-order valence-electron chi connectivity index (χ0n) is 17.0. The summed E-state index contributed by atoms with van der Waals surface area (Å²) in [6.07, 6.45) is 0. The zero-order chi connectivity index (χ0) is 22.4. The molecule has 0 aliphatic rings. The smallest absolute Gasteiger partial charge is 0.274 e. The minimum atomic E-state index is -0.487. The Morgan fingerprint density at radius 3 is 2.22 bits per heavy atom. The maximum absolute atomic E-state index is 13.7. The molecule has 0 bridgehead atoms. The molecular formula is C25H16N4O3. The fourth-order valence-corrected chi connectivity index (χ4v) is 4.28. The minimum absolute atomic E-state index is 0.0213. The van der Waals surface area contributed by atoms with E-state index in [1.165, 1.54) is 28.8 Å². The third-order valence-electron chi connectivity index (χ3n) is 5.70. The van der Waals surface area contributed by atoms with Gasteiger partial charge in [-0.2, -0.15) is 5.26 Å². The molecule has 7 nitrogen and oxygen atoms in total. The summed E-state index contributed by atoms with van der Waals surface area (Å²) in [5.41, 5.74) is 3.59. The van der Waals surface area contributed by atoms with Crippen molar-refractivity contribution in [2.75, 3.05) is 0 Å². The van der Waals surface area contributed by atoms with Crippen molar-refractivity contribution < 1.29 is 4.92 Å². The van der Waals surface area contributed by atoms with E-state index in [4.69, 9.17) is 0 Å². The summed E-state index contributed by atoms with van der Waals surface area (Å²) in [4.78, 5) is 24.3. The van der Waals surface area contributed by atoms with Crippen molar-refractivity contribution in [2.45, 2.75) is 0 Å².